The van der Waals surface area contributed by atoms with Crippen LogP contribution in [0.1, 0.15) is 11.6 Å². The van der Waals surface area contributed by atoms with Crippen molar-refractivity contribution in [2.24, 2.45) is 0 Å². The summed E-state index contributed by atoms with van der Waals surface area (Å²) in [5.41, 5.74) is 0.560. The Balaban J connectivity index is 2.49. The van der Waals surface area contributed by atoms with Gasteiger partial charge in [0.05, 0.1) is 7.11 Å². The zero-order valence-electron chi connectivity index (χ0n) is 11.2. The molecule has 0 fully saturated rings. The predicted molar refractivity (Wildman–Crippen MR) is 74.7 cm³/mol. The molecule has 0 aromatic heterocycles. The van der Waals surface area contributed by atoms with Crippen molar-refractivity contribution in [1.29, 1.82) is 0 Å². The number of rotatable bonds is 5. The van der Waals surface area contributed by atoms with Gasteiger partial charge in [-0.2, -0.15) is 0 Å². The highest BCUT2D eigenvalue weighted by atomic mass is 16.5. The monoisotopic (exact) mass is 273 g/mol. The molecule has 1 N–H and O–H groups in total. The Bertz CT molecular complexity index is 653. The molecule has 2 rings (SSSR count). The topological polar surface area (TPSA) is 66.8 Å². The van der Waals surface area contributed by atoms with Gasteiger partial charge < -0.3 is 14.7 Å². The van der Waals surface area contributed by atoms with Crippen LogP contribution in [0, 0.1) is 0 Å². The van der Waals surface area contributed by atoms with Crippen LogP contribution < -0.4 is 4.74 Å². The zero-order chi connectivity index (χ0) is 14.7. The number of nitrogens with zero attached hydrogens (tertiary/aromatic N) is 1. The van der Waals surface area contributed by atoms with Crippen LogP contribution in [-0.2, 0) is 9.59 Å². The number of carboxylic acids is 1. The van der Waals surface area contributed by atoms with Crippen LogP contribution in [0.15, 0.2) is 36.4 Å². The van der Waals surface area contributed by atoms with Gasteiger partial charge in [-0.05, 0) is 34.5 Å². The minimum atomic E-state index is -1.06. The summed E-state index contributed by atoms with van der Waals surface area (Å²) in [6, 6.07) is 9.86. The smallest absolute Gasteiger partial charge is 0.331 e. The highest BCUT2D eigenvalue weighted by Crippen LogP contribution is 2.26. The number of ether oxygens (including phenoxy) is 1. The second kappa shape index (κ2) is 5.61. The van der Waals surface area contributed by atoms with E-state index < -0.39 is 12.0 Å². The third-order valence-corrected chi connectivity index (χ3v) is 3.19. The third-order valence-electron chi connectivity index (χ3n) is 3.19. The van der Waals surface area contributed by atoms with Gasteiger partial charge in [0.1, 0.15) is 5.75 Å². The maximum atomic E-state index is 11.3. The third kappa shape index (κ3) is 2.56. The number of aliphatic carboxylic acids is 1. The Labute approximate surface area is 116 Å². The first kappa shape index (κ1) is 13.9. The van der Waals surface area contributed by atoms with E-state index in [2.05, 4.69) is 0 Å². The first-order chi connectivity index (χ1) is 9.56. The van der Waals surface area contributed by atoms with E-state index in [-0.39, 0.29) is 0 Å². The Morgan fingerprint density at radius 2 is 1.90 bits per heavy atom. The molecule has 1 amide bonds. The van der Waals surface area contributed by atoms with Gasteiger partial charge in [0.15, 0.2) is 6.04 Å². The average molecular weight is 273 g/mol. The number of benzene rings is 2. The number of fused-ring (bicyclic) bond motifs is 1. The number of carbonyl (C=O) groups is 2. The van der Waals surface area contributed by atoms with E-state index in [9.17, 15) is 14.7 Å². The summed E-state index contributed by atoms with van der Waals surface area (Å²) < 4.78 is 5.15. The first-order valence-corrected chi connectivity index (χ1v) is 6.04. The lowest BCUT2D eigenvalue weighted by molar-refractivity contribution is -0.145. The molecule has 1 atom stereocenters. The second-order valence-corrected chi connectivity index (χ2v) is 4.48. The standard InChI is InChI=1S/C15H15NO4/c1-16(9-17)14(15(18)19)12-4-3-11-8-13(20-2)6-5-10(11)7-12/h3-9,14H,1-2H3,(H,18,19). The summed E-state index contributed by atoms with van der Waals surface area (Å²) in [5, 5.41) is 11.1. The molecule has 0 heterocycles. The molecule has 2 aromatic carbocycles. The van der Waals surface area contributed by atoms with E-state index in [0.29, 0.717) is 12.0 Å². The molecule has 104 valence electrons. The Hall–Kier alpha value is -2.56. The molecule has 20 heavy (non-hydrogen) atoms. The molecule has 5 heteroatoms. The number of methoxy groups -OCH3 is 1. The number of hydrogen-bond acceptors (Lipinski definition) is 3. The summed E-state index contributed by atoms with van der Waals surface area (Å²) in [7, 11) is 3.04. The van der Waals surface area contributed by atoms with Crippen LogP contribution in [0.5, 0.6) is 5.75 Å². The Morgan fingerprint density at radius 3 is 2.50 bits per heavy atom. The summed E-state index contributed by atoms with van der Waals surface area (Å²) in [4.78, 5) is 23.3. The predicted octanol–water partition coefficient (Wildman–Crippen LogP) is 2.06. The molecule has 0 saturated carbocycles. The maximum absolute atomic E-state index is 11.3. The quantitative estimate of drug-likeness (QED) is 0.847. The maximum Gasteiger partial charge on any atom is 0.331 e. The van der Waals surface area contributed by atoms with Crippen molar-refractivity contribution in [3.8, 4) is 5.75 Å². The number of hydrogen-bond donors (Lipinski definition) is 1. The highest BCUT2D eigenvalue weighted by molar-refractivity contribution is 5.87. The molecule has 1 unspecified atom stereocenters. The van der Waals surface area contributed by atoms with Crippen molar-refractivity contribution in [2.75, 3.05) is 14.2 Å². The minimum Gasteiger partial charge on any atom is -0.497 e. The van der Waals surface area contributed by atoms with Gasteiger partial charge in [-0.25, -0.2) is 4.79 Å². The lowest BCUT2D eigenvalue weighted by atomic mass is 10.0. The molecule has 0 bridgehead atoms. The molecule has 5 nitrogen and oxygen atoms in total. The van der Waals surface area contributed by atoms with Crippen molar-refractivity contribution < 1.29 is 19.4 Å². The average Bonchev–Trinajstić information content (AvgIpc) is 2.46. The van der Waals surface area contributed by atoms with E-state index in [1.165, 1.54) is 7.05 Å². The lowest BCUT2D eigenvalue weighted by Gasteiger charge is -2.21. The van der Waals surface area contributed by atoms with E-state index in [4.69, 9.17) is 4.74 Å². The molecule has 0 aliphatic rings. The molecule has 0 aliphatic carbocycles. The lowest BCUT2D eigenvalue weighted by Crippen LogP contribution is -2.29. The second-order valence-electron chi connectivity index (χ2n) is 4.48. The molecule has 0 saturated heterocycles. The molecular formula is C15H15NO4. The minimum absolute atomic E-state index is 0.511. The summed E-state index contributed by atoms with van der Waals surface area (Å²) in [5.74, 6) is -0.322. The normalized spacial score (nSPS) is 11.9. The van der Waals surface area contributed by atoms with Crippen molar-refractivity contribution in [3.63, 3.8) is 0 Å². The molecule has 0 radical (unpaired) electrons. The molecule has 0 spiro atoms. The van der Waals surface area contributed by atoms with Gasteiger partial charge >= 0.3 is 5.97 Å². The fraction of sp³-hybridized carbons (Fsp3) is 0.200. The van der Waals surface area contributed by atoms with E-state index in [0.717, 1.165) is 21.4 Å². The first-order valence-electron chi connectivity index (χ1n) is 6.04. The Morgan fingerprint density at radius 1 is 1.25 bits per heavy atom. The number of carboxylic acid groups (broad SMARTS) is 1. The van der Waals surface area contributed by atoms with Gasteiger partial charge in [0, 0.05) is 7.05 Å². The van der Waals surface area contributed by atoms with Crippen molar-refractivity contribution in [1.82, 2.24) is 4.90 Å². The largest absolute Gasteiger partial charge is 0.497 e. The van der Waals surface area contributed by atoms with E-state index in [1.807, 2.05) is 24.3 Å². The molecule has 0 aliphatic heterocycles. The Kier molecular flexibility index (Phi) is 3.89. The summed E-state index contributed by atoms with van der Waals surface area (Å²) >= 11 is 0. The van der Waals surface area contributed by atoms with Crippen LogP contribution >= 0.6 is 0 Å². The van der Waals surface area contributed by atoms with Crippen molar-refractivity contribution in [3.05, 3.63) is 42.0 Å². The fourth-order valence-electron chi connectivity index (χ4n) is 2.15. The zero-order valence-corrected chi connectivity index (χ0v) is 11.2. The molecule has 2 aromatic rings. The SMILES string of the molecule is COc1ccc2cc(C(C(=O)O)N(C)C=O)ccc2c1. The van der Waals surface area contributed by atoms with Gasteiger partial charge in [-0.3, -0.25) is 4.79 Å². The summed E-state index contributed by atoms with van der Waals surface area (Å²) in [6.07, 6.45) is 0.511. The van der Waals surface area contributed by atoms with Crippen molar-refractivity contribution in [2.45, 2.75) is 6.04 Å². The van der Waals surface area contributed by atoms with Gasteiger partial charge in [-0.1, -0.05) is 18.2 Å². The molecular weight excluding hydrogens is 258 g/mol. The number of carbonyl (C=O) groups excluding carboxylic acids is 1. The van der Waals surface area contributed by atoms with Crippen molar-refractivity contribution >= 4 is 23.2 Å². The van der Waals surface area contributed by atoms with Crippen LogP contribution in [-0.4, -0.2) is 36.5 Å². The van der Waals surface area contributed by atoms with E-state index in [1.54, 1.807) is 19.2 Å². The summed E-state index contributed by atoms with van der Waals surface area (Å²) in [6.45, 7) is 0. The van der Waals surface area contributed by atoms with Crippen LogP contribution in [0.25, 0.3) is 10.8 Å². The van der Waals surface area contributed by atoms with Crippen LogP contribution in [0.2, 0.25) is 0 Å². The van der Waals surface area contributed by atoms with Gasteiger partial charge in [-0.15, -0.1) is 0 Å². The van der Waals surface area contributed by atoms with Crippen LogP contribution in [0.3, 0.4) is 0 Å². The van der Waals surface area contributed by atoms with E-state index >= 15 is 0 Å². The number of amides is 1. The van der Waals surface area contributed by atoms with Gasteiger partial charge in [0.2, 0.25) is 6.41 Å². The van der Waals surface area contributed by atoms with Gasteiger partial charge in [0.25, 0.3) is 0 Å². The highest BCUT2D eigenvalue weighted by Gasteiger charge is 2.23. The number of likely N-dealkylation sites (N-methyl/N-ethyl adjacent to an activating group) is 1. The van der Waals surface area contributed by atoms with Crippen LogP contribution in [0.4, 0.5) is 0 Å². The fourth-order valence-corrected chi connectivity index (χ4v) is 2.15.